The van der Waals surface area contributed by atoms with Crippen LogP contribution in [0.5, 0.6) is 5.75 Å². The number of phenolic OH excluding ortho intramolecular Hbond substituents is 1. The predicted molar refractivity (Wildman–Crippen MR) is 180 cm³/mol. The summed E-state index contributed by atoms with van der Waals surface area (Å²) in [7, 11) is 0. The van der Waals surface area contributed by atoms with Crippen LogP contribution in [-0.2, 0) is 27.2 Å². The van der Waals surface area contributed by atoms with Crippen LogP contribution in [0.15, 0.2) is 63.7 Å². The second-order valence-corrected chi connectivity index (χ2v) is 13.0. The van der Waals surface area contributed by atoms with Crippen LogP contribution >= 0.6 is 15.9 Å². The van der Waals surface area contributed by atoms with Gasteiger partial charge in [0.05, 0.1) is 11.0 Å². The molecule has 2 aromatic rings. The van der Waals surface area contributed by atoms with Crippen LogP contribution in [0.1, 0.15) is 36.8 Å². The van der Waals surface area contributed by atoms with E-state index < -0.39 is 24.0 Å². The highest BCUT2D eigenvalue weighted by atomic mass is 79.9. The zero-order valence-corrected chi connectivity index (χ0v) is 28.0. The summed E-state index contributed by atoms with van der Waals surface area (Å²) in [5, 5.41) is 21.6. The summed E-state index contributed by atoms with van der Waals surface area (Å²) in [6.07, 6.45) is 3.35. The Morgan fingerprint density at radius 2 is 1.83 bits per heavy atom. The van der Waals surface area contributed by atoms with Gasteiger partial charge in [0, 0.05) is 43.7 Å². The number of phenols is 1. The molecule has 4 N–H and O–H groups in total. The number of hydrogen-bond donors (Lipinski definition) is 4. The first-order valence-electron chi connectivity index (χ1n) is 16.0. The maximum absolute atomic E-state index is 13.3. The normalized spacial score (nSPS) is 17.9. The number of halogens is 1. The number of benzene rings is 2. The first-order valence-corrected chi connectivity index (χ1v) is 16.8. The number of aromatic hydroxyl groups is 1. The van der Waals surface area contributed by atoms with E-state index in [2.05, 4.69) is 37.8 Å². The highest BCUT2D eigenvalue weighted by Gasteiger charge is 2.33. The first kappa shape index (κ1) is 34.9. The molecule has 3 aliphatic rings. The largest absolute Gasteiger partial charge is 0.507 e. The molecule has 5 rings (SSSR count). The quantitative estimate of drug-likeness (QED) is 0.138. The maximum Gasteiger partial charge on any atom is 0.410 e. The molecule has 0 radical (unpaired) electrons. The van der Waals surface area contributed by atoms with Gasteiger partial charge in [-0.25, -0.2) is 15.1 Å². The number of ether oxygens (including phenoxy) is 1. The van der Waals surface area contributed by atoms with Crippen LogP contribution in [-0.4, -0.2) is 106 Å². The van der Waals surface area contributed by atoms with Crippen LogP contribution in [0.2, 0.25) is 0 Å². The number of hydrogen-bond acceptors (Lipinski definition) is 8. The Kier molecular flexibility index (Phi) is 12.1. The van der Waals surface area contributed by atoms with Crippen molar-refractivity contribution in [2.24, 2.45) is 10.9 Å². The molecule has 2 fully saturated rings. The standard InChI is InChI=1S/C34H39BrN6O7/c35-27-20-24(7-8-29(27)42)21-30(32(44)36-14-3-4-23-9-15-39(16-10-23)22-31(43)38-47)48-34(46)40-17-12-26(13-18-40)41-19-11-25-5-1-2-6-28(25)37-33(41)45/h1-2,4-8,20,23,26,30,42,47H,9-13,15-19,21-22H2,(H,37,45)(H,38,43)/t30-/m1/s1. The number of carbonyl (C=O) groups excluding carboxylic acids is 4. The molecule has 48 heavy (non-hydrogen) atoms. The van der Waals surface area contributed by atoms with Crippen molar-refractivity contribution in [1.82, 2.24) is 20.2 Å². The summed E-state index contributed by atoms with van der Waals surface area (Å²) in [6.45, 7) is 2.77. The fourth-order valence-corrected chi connectivity index (χ4v) is 6.62. The van der Waals surface area contributed by atoms with Gasteiger partial charge in [0.15, 0.2) is 6.10 Å². The molecule has 0 bridgehead atoms. The lowest BCUT2D eigenvalue weighted by Crippen LogP contribution is -2.50. The SMILES string of the molecule is O=C(CN1CCC(C=C=C=NC(=O)[C@@H](Cc2ccc(O)c(Br)c2)OC(=O)N2CCC(N3CCc4ccccc4NC3=O)CC2)CC1)NO. The number of amides is 5. The number of carbonyl (C=O) groups is 4. The number of fused-ring (bicyclic) bond motifs is 1. The maximum atomic E-state index is 13.3. The Morgan fingerprint density at radius 3 is 2.56 bits per heavy atom. The molecule has 3 heterocycles. The average molecular weight is 724 g/mol. The summed E-state index contributed by atoms with van der Waals surface area (Å²) < 4.78 is 6.17. The number of rotatable bonds is 8. The molecule has 0 saturated carbocycles. The average Bonchev–Trinajstić information content (AvgIpc) is 3.26. The Balaban J connectivity index is 1.19. The van der Waals surface area contributed by atoms with Gasteiger partial charge < -0.3 is 25.0 Å². The van der Waals surface area contributed by atoms with Crippen molar-refractivity contribution in [3.8, 4) is 5.75 Å². The molecule has 13 nitrogen and oxygen atoms in total. The molecule has 0 aliphatic carbocycles. The highest BCUT2D eigenvalue weighted by Crippen LogP contribution is 2.27. The van der Waals surface area contributed by atoms with Gasteiger partial charge in [0.25, 0.3) is 11.8 Å². The predicted octanol–water partition coefficient (Wildman–Crippen LogP) is 3.88. The number of anilines is 1. The van der Waals surface area contributed by atoms with Crippen molar-refractivity contribution >= 4 is 51.4 Å². The lowest BCUT2D eigenvalue weighted by Gasteiger charge is -2.37. The number of hydroxylamine groups is 1. The highest BCUT2D eigenvalue weighted by molar-refractivity contribution is 9.10. The van der Waals surface area contributed by atoms with Gasteiger partial charge in [-0.1, -0.05) is 30.0 Å². The lowest BCUT2D eigenvalue weighted by atomic mass is 9.97. The number of allylic oxidation sites excluding steroid dienone is 1. The monoisotopic (exact) mass is 722 g/mol. The molecule has 2 saturated heterocycles. The van der Waals surface area contributed by atoms with Crippen molar-refractivity contribution in [2.75, 3.05) is 44.6 Å². The Morgan fingerprint density at radius 1 is 1.08 bits per heavy atom. The molecule has 14 heteroatoms. The Hall–Kier alpha value is -4.45. The second kappa shape index (κ2) is 16.6. The molecule has 2 aromatic carbocycles. The summed E-state index contributed by atoms with van der Waals surface area (Å²) in [5.74, 6) is 1.59. The molecule has 0 spiro atoms. The van der Waals surface area contributed by atoms with Crippen molar-refractivity contribution in [2.45, 2.75) is 50.7 Å². The molecule has 0 unspecified atom stereocenters. The van der Waals surface area contributed by atoms with Gasteiger partial charge in [-0.15, -0.1) is 0 Å². The fourth-order valence-electron chi connectivity index (χ4n) is 6.20. The van der Waals surface area contributed by atoms with Crippen LogP contribution in [0.25, 0.3) is 0 Å². The lowest BCUT2D eigenvalue weighted by molar-refractivity contribution is -0.130. The van der Waals surface area contributed by atoms with E-state index in [1.807, 2.05) is 34.1 Å². The van der Waals surface area contributed by atoms with Gasteiger partial charge in [-0.05, 0) is 102 Å². The minimum atomic E-state index is -1.24. The number of nitrogens with zero attached hydrogens (tertiary/aromatic N) is 4. The molecular formula is C34H39BrN6O7. The summed E-state index contributed by atoms with van der Waals surface area (Å²) in [4.78, 5) is 60.1. The van der Waals surface area contributed by atoms with Gasteiger partial charge in [0.2, 0.25) is 0 Å². The van der Waals surface area contributed by atoms with Crippen LogP contribution in [0.4, 0.5) is 15.3 Å². The third-order valence-corrected chi connectivity index (χ3v) is 9.57. The number of likely N-dealkylation sites (tertiary alicyclic amines) is 2. The van der Waals surface area contributed by atoms with E-state index in [-0.39, 0.29) is 36.7 Å². The first-order chi connectivity index (χ1) is 23.2. The van der Waals surface area contributed by atoms with Crippen LogP contribution in [0.3, 0.4) is 0 Å². The summed E-state index contributed by atoms with van der Waals surface area (Å²) in [6, 6.07) is 12.3. The third-order valence-electron chi connectivity index (χ3n) is 8.93. The molecule has 3 aliphatic heterocycles. The number of aliphatic imine (C=N–C) groups is 1. The number of piperidine rings is 2. The molecular weight excluding hydrogens is 684 g/mol. The second-order valence-electron chi connectivity index (χ2n) is 12.1. The van der Waals surface area contributed by atoms with E-state index in [0.29, 0.717) is 55.6 Å². The Bertz CT molecular complexity index is 1610. The van der Waals surface area contributed by atoms with Gasteiger partial charge >= 0.3 is 12.1 Å². The van der Waals surface area contributed by atoms with Crippen LogP contribution in [0, 0.1) is 5.92 Å². The smallest absolute Gasteiger partial charge is 0.410 e. The van der Waals surface area contributed by atoms with E-state index in [9.17, 15) is 24.3 Å². The van der Waals surface area contributed by atoms with Gasteiger partial charge in [-0.2, -0.15) is 4.99 Å². The summed E-state index contributed by atoms with van der Waals surface area (Å²) in [5.41, 5.74) is 7.02. The molecule has 0 aromatic heterocycles. The number of para-hydroxylation sites is 1. The molecule has 1 atom stereocenters. The van der Waals surface area contributed by atoms with E-state index in [1.54, 1.807) is 28.6 Å². The topological polar surface area (TPSA) is 164 Å². The van der Waals surface area contributed by atoms with Gasteiger partial charge in [0.1, 0.15) is 5.75 Å². The van der Waals surface area contributed by atoms with E-state index in [0.717, 1.165) is 30.5 Å². The van der Waals surface area contributed by atoms with Gasteiger partial charge in [-0.3, -0.25) is 19.7 Å². The third kappa shape index (κ3) is 9.33. The van der Waals surface area contributed by atoms with E-state index in [4.69, 9.17) is 9.94 Å². The molecule has 5 amide bonds. The van der Waals surface area contributed by atoms with E-state index >= 15 is 0 Å². The summed E-state index contributed by atoms with van der Waals surface area (Å²) >= 11 is 3.28. The van der Waals surface area contributed by atoms with Crippen molar-refractivity contribution in [1.29, 1.82) is 0 Å². The zero-order chi connectivity index (χ0) is 34.0. The van der Waals surface area contributed by atoms with E-state index in [1.165, 1.54) is 6.07 Å². The van der Waals surface area contributed by atoms with Crippen molar-refractivity contribution < 1.29 is 34.2 Å². The zero-order valence-electron chi connectivity index (χ0n) is 26.4. The minimum Gasteiger partial charge on any atom is -0.507 e. The van der Waals surface area contributed by atoms with Crippen molar-refractivity contribution in [3.63, 3.8) is 0 Å². The van der Waals surface area contributed by atoms with Crippen LogP contribution < -0.4 is 10.8 Å². The minimum absolute atomic E-state index is 0.0310. The fraction of sp³-hybridized carbons (Fsp3) is 0.441. The number of nitrogens with one attached hydrogen (secondary N) is 2. The number of urea groups is 1. The molecule has 254 valence electrons. The Labute approximate surface area is 287 Å². The van der Waals surface area contributed by atoms with Crippen molar-refractivity contribution in [3.05, 3.63) is 69.9 Å².